The van der Waals surface area contributed by atoms with Crippen LogP contribution in [0.4, 0.5) is 5.69 Å². The highest BCUT2D eigenvalue weighted by Gasteiger charge is 2.12. The zero-order valence-electron chi connectivity index (χ0n) is 17.6. The number of anilines is 1. The van der Waals surface area contributed by atoms with Crippen LogP contribution >= 0.6 is 11.8 Å². The van der Waals surface area contributed by atoms with Gasteiger partial charge in [0.05, 0.1) is 11.7 Å². The smallest absolute Gasteiger partial charge is 0.251 e. The molecule has 1 heterocycles. The van der Waals surface area contributed by atoms with Gasteiger partial charge in [0, 0.05) is 31.3 Å². The van der Waals surface area contributed by atoms with Gasteiger partial charge in [0.25, 0.3) is 5.91 Å². The molecule has 0 unspecified atom stereocenters. The molecule has 10 heteroatoms. The SMILES string of the molecule is Cc1ccc(C(=O)NCCc2nnc(SCC(=O)Nc3cccc(C(=O)[O-])c3)n2C)cc1. The fourth-order valence-corrected chi connectivity index (χ4v) is 3.56. The third kappa shape index (κ3) is 6.17. The predicted molar refractivity (Wildman–Crippen MR) is 118 cm³/mol. The second-order valence-corrected chi connectivity index (χ2v) is 7.98. The van der Waals surface area contributed by atoms with Gasteiger partial charge in [-0.1, -0.05) is 41.6 Å². The molecule has 1 aromatic heterocycles. The lowest BCUT2D eigenvalue weighted by Crippen LogP contribution is -2.26. The Labute approximate surface area is 189 Å². The molecule has 0 saturated heterocycles. The Morgan fingerprint density at radius 3 is 2.53 bits per heavy atom. The summed E-state index contributed by atoms with van der Waals surface area (Å²) in [7, 11) is 1.79. The van der Waals surface area contributed by atoms with Crippen LogP contribution in [0.3, 0.4) is 0 Å². The first-order valence-corrected chi connectivity index (χ1v) is 10.8. The molecule has 0 spiro atoms. The summed E-state index contributed by atoms with van der Waals surface area (Å²) in [6, 6.07) is 13.2. The van der Waals surface area contributed by atoms with E-state index >= 15 is 0 Å². The minimum absolute atomic E-state index is 0.0112. The molecule has 0 aliphatic heterocycles. The fraction of sp³-hybridized carbons (Fsp3) is 0.227. The van der Waals surface area contributed by atoms with Crippen molar-refractivity contribution in [3.8, 4) is 0 Å². The number of hydrogen-bond donors (Lipinski definition) is 2. The molecule has 166 valence electrons. The van der Waals surface area contributed by atoms with Crippen molar-refractivity contribution in [3.63, 3.8) is 0 Å². The molecule has 0 aliphatic rings. The molecular weight excluding hydrogens is 430 g/mol. The molecule has 2 N–H and O–H groups in total. The maximum Gasteiger partial charge on any atom is 0.251 e. The molecule has 3 aromatic rings. The van der Waals surface area contributed by atoms with E-state index in [1.54, 1.807) is 29.8 Å². The fourth-order valence-electron chi connectivity index (χ4n) is 2.83. The van der Waals surface area contributed by atoms with E-state index in [-0.39, 0.29) is 23.1 Å². The molecule has 0 saturated carbocycles. The number of rotatable bonds is 9. The van der Waals surface area contributed by atoms with Crippen molar-refractivity contribution in [2.75, 3.05) is 17.6 Å². The molecule has 0 radical (unpaired) electrons. The summed E-state index contributed by atoms with van der Waals surface area (Å²) in [6.45, 7) is 2.36. The number of nitrogens with one attached hydrogen (secondary N) is 2. The average molecular weight is 453 g/mol. The Kier molecular flexibility index (Phi) is 7.61. The normalized spacial score (nSPS) is 10.6. The van der Waals surface area contributed by atoms with Crippen LogP contribution in [-0.2, 0) is 18.3 Å². The number of benzene rings is 2. The van der Waals surface area contributed by atoms with Crippen molar-refractivity contribution in [2.24, 2.45) is 7.05 Å². The number of carboxylic acid groups (broad SMARTS) is 1. The lowest BCUT2D eigenvalue weighted by Gasteiger charge is -2.08. The van der Waals surface area contributed by atoms with Crippen LogP contribution in [0.15, 0.2) is 53.7 Å². The third-order valence-electron chi connectivity index (χ3n) is 4.59. The summed E-state index contributed by atoms with van der Waals surface area (Å²) in [5.41, 5.74) is 2.05. The molecule has 0 fully saturated rings. The molecule has 2 aromatic carbocycles. The van der Waals surface area contributed by atoms with E-state index in [9.17, 15) is 19.5 Å². The van der Waals surface area contributed by atoms with E-state index < -0.39 is 5.97 Å². The minimum atomic E-state index is -1.31. The number of nitrogens with zero attached hydrogens (tertiary/aromatic N) is 3. The minimum Gasteiger partial charge on any atom is -0.545 e. The summed E-state index contributed by atoms with van der Waals surface area (Å²) in [5, 5.41) is 25.2. The second kappa shape index (κ2) is 10.6. The summed E-state index contributed by atoms with van der Waals surface area (Å²) in [6.07, 6.45) is 0.490. The lowest BCUT2D eigenvalue weighted by molar-refractivity contribution is -0.255. The van der Waals surface area contributed by atoms with E-state index in [1.807, 2.05) is 19.1 Å². The molecular formula is C22H22N5O4S-. The summed E-state index contributed by atoms with van der Waals surface area (Å²) in [4.78, 5) is 35.3. The van der Waals surface area contributed by atoms with Gasteiger partial charge in [-0.05, 0) is 36.8 Å². The number of aromatic carboxylic acids is 1. The first kappa shape index (κ1) is 23.0. The maximum atomic E-state index is 12.2. The van der Waals surface area contributed by atoms with Crippen LogP contribution in [0, 0.1) is 6.92 Å². The molecule has 0 atom stereocenters. The van der Waals surface area contributed by atoms with Crippen molar-refractivity contribution >= 4 is 35.2 Å². The van der Waals surface area contributed by atoms with Gasteiger partial charge in [0.15, 0.2) is 5.16 Å². The van der Waals surface area contributed by atoms with Crippen molar-refractivity contribution in [1.29, 1.82) is 0 Å². The Morgan fingerprint density at radius 1 is 1.06 bits per heavy atom. The van der Waals surface area contributed by atoms with Gasteiger partial charge in [0.1, 0.15) is 5.82 Å². The topological polar surface area (TPSA) is 129 Å². The quantitative estimate of drug-likeness (QED) is 0.467. The highest BCUT2D eigenvalue weighted by molar-refractivity contribution is 7.99. The van der Waals surface area contributed by atoms with Gasteiger partial charge >= 0.3 is 0 Å². The van der Waals surface area contributed by atoms with Gasteiger partial charge in [-0.15, -0.1) is 10.2 Å². The highest BCUT2D eigenvalue weighted by Crippen LogP contribution is 2.17. The van der Waals surface area contributed by atoms with Crippen molar-refractivity contribution < 1.29 is 19.5 Å². The van der Waals surface area contributed by atoms with Gasteiger partial charge in [-0.25, -0.2) is 0 Å². The largest absolute Gasteiger partial charge is 0.545 e. The average Bonchev–Trinajstić information content (AvgIpc) is 3.12. The third-order valence-corrected chi connectivity index (χ3v) is 5.61. The highest BCUT2D eigenvalue weighted by atomic mass is 32.2. The van der Waals surface area contributed by atoms with Crippen LogP contribution in [0.1, 0.15) is 32.1 Å². The summed E-state index contributed by atoms with van der Waals surface area (Å²) >= 11 is 1.20. The van der Waals surface area contributed by atoms with Gasteiger partial charge in [-0.2, -0.15) is 0 Å². The second-order valence-electron chi connectivity index (χ2n) is 7.03. The van der Waals surface area contributed by atoms with E-state index in [0.29, 0.717) is 35.2 Å². The van der Waals surface area contributed by atoms with Crippen LogP contribution < -0.4 is 15.7 Å². The maximum absolute atomic E-state index is 12.2. The molecule has 3 rings (SSSR count). The van der Waals surface area contributed by atoms with Crippen molar-refractivity contribution in [3.05, 3.63) is 71.0 Å². The molecule has 0 bridgehead atoms. The van der Waals surface area contributed by atoms with Crippen molar-refractivity contribution in [1.82, 2.24) is 20.1 Å². The Balaban J connectivity index is 1.47. The Morgan fingerprint density at radius 2 is 1.81 bits per heavy atom. The predicted octanol–water partition coefficient (Wildman–Crippen LogP) is 1.19. The molecule has 2 amide bonds. The molecule has 0 aliphatic carbocycles. The molecule has 9 nitrogen and oxygen atoms in total. The number of carbonyl (C=O) groups excluding carboxylic acids is 3. The first-order valence-electron chi connectivity index (χ1n) is 9.80. The van der Waals surface area contributed by atoms with Gasteiger partial charge in [0.2, 0.25) is 5.91 Å². The van der Waals surface area contributed by atoms with Gasteiger partial charge < -0.3 is 25.1 Å². The number of amides is 2. The monoisotopic (exact) mass is 452 g/mol. The molecule has 32 heavy (non-hydrogen) atoms. The van der Waals surface area contributed by atoms with E-state index in [0.717, 1.165) is 5.56 Å². The van der Waals surface area contributed by atoms with E-state index in [2.05, 4.69) is 20.8 Å². The van der Waals surface area contributed by atoms with E-state index in [4.69, 9.17) is 0 Å². The van der Waals surface area contributed by atoms with Crippen LogP contribution in [0.5, 0.6) is 0 Å². The summed E-state index contributed by atoms with van der Waals surface area (Å²) < 4.78 is 1.77. The Bertz CT molecular complexity index is 1130. The van der Waals surface area contributed by atoms with Gasteiger partial charge in [-0.3, -0.25) is 9.59 Å². The summed E-state index contributed by atoms with van der Waals surface area (Å²) in [5.74, 6) is -1.01. The van der Waals surface area contributed by atoms with Crippen LogP contribution in [-0.4, -0.2) is 44.8 Å². The standard InChI is InChI=1S/C22H23N5O4S/c1-14-6-8-15(9-7-14)20(29)23-11-10-18-25-26-22(27(18)2)32-13-19(28)24-17-5-3-4-16(12-17)21(30)31/h3-9,12H,10-11,13H2,1-2H3,(H,23,29)(H,24,28)(H,30,31)/p-1. The van der Waals surface area contributed by atoms with E-state index in [1.165, 1.54) is 30.0 Å². The number of carboxylic acids is 1. The number of thioether (sulfide) groups is 1. The first-order chi connectivity index (χ1) is 15.3. The number of carbonyl (C=O) groups is 3. The van der Waals surface area contributed by atoms with Crippen molar-refractivity contribution in [2.45, 2.75) is 18.5 Å². The lowest BCUT2D eigenvalue weighted by atomic mass is 10.1. The zero-order valence-corrected chi connectivity index (χ0v) is 18.4. The van der Waals surface area contributed by atoms with Crippen LogP contribution in [0.2, 0.25) is 0 Å². The number of hydrogen-bond acceptors (Lipinski definition) is 7. The Hall–Kier alpha value is -3.66. The van der Waals surface area contributed by atoms with Crippen LogP contribution in [0.25, 0.3) is 0 Å². The number of aryl methyl sites for hydroxylation is 1. The number of aromatic nitrogens is 3. The zero-order chi connectivity index (χ0) is 23.1.